The number of halogens is 2. The summed E-state index contributed by atoms with van der Waals surface area (Å²) < 4.78 is 40.5. The minimum Gasteiger partial charge on any atom is -0.454 e. The van der Waals surface area contributed by atoms with Crippen molar-refractivity contribution in [3.8, 4) is 23.0 Å². The number of rotatable bonds is 9. The number of hydrogen-bond acceptors (Lipinski definition) is 4. The van der Waals surface area contributed by atoms with E-state index < -0.39 is 11.6 Å². The molecule has 0 heterocycles. The van der Waals surface area contributed by atoms with Crippen LogP contribution in [-0.4, -0.2) is 0 Å². The molecule has 0 spiro atoms. The molecule has 1 fully saturated rings. The van der Waals surface area contributed by atoms with Gasteiger partial charge < -0.3 is 20.9 Å². The Morgan fingerprint density at radius 1 is 0.644 bits per heavy atom. The zero-order chi connectivity index (χ0) is 31.4. The number of benzene rings is 5. The largest absolute Gasteiger partial charge is 0.454 e. The molecular formula is C39H38F2N2O2. The van der Waals surface area contributed by atoms with Crippen molar-refractivity contribution >= 4 is 11.4 Å². The van der Waals surface area contributed by atoms with Crippen LogP contribution in [0.4, 0.5) is 20.2 Å². The van der Waals surface area contributed by atoms with Crippen LogP contribution in [0.1, 0.15) is 67.2 Å². The van der Waals surface area contributed by atoms with Crippen molar-refractivity contribution in [1.82, 2.24) is 0 Å². The molecule has 0 aromatic heterocycles. The molecule has 230 valence electrons. The van der Waals surface area contributed by atoms with Crippen LogP contribution in [0.5, 0.6) is 23.0 Å². The van der Waals surface area contributed by atoms with Crippen molar-refractivity contribution in [2.75, 3.05) is 11.5 Å². The first-order valence-corrected chi connectivity index (χ1v) is 15.6. The Labute approximate surface area is 263 Å². The van der Waals surface area contributed by atoms with E-state index in [0.717, 1.165) is 38.5 Å². The SMILES string of the molecule is CCCc1ccc(C2CCC(c3ccc(Oc4ccc(N)cc4F)cc3)(c3ccc(Oc4ccc(N)cc4F)cc3)CC2)cc1. The second-order valence-electron chi connectivity index (χ2n) is 12.0. The smallest absolute Gasteiger partial charge is 0.167 e. The van der Waals surface area contributed by atoms with Gasteiger partial charge in [0.05, 0.1) is 0 Å². The average Bonchev–Trinajstić information content (AvgIpc) is 3.05. The maximum atomic E-state index is 14.4. The Balaban J connectivity index is 1.27. The van der Waals surface area contributed by atoms with Crippen LogP contribution in [0.15, 0.2) is 109 Å². The zero-order valence-corrected chi connectivity index (χ0v) is 25.4. The average molecular weight is 605 g/mol. The molecule has 6 heteroatoms. The van der Waals surface area contributed by atoms with Crippen LogP contribution in [0.25, 0.3) is 0 Å². The van der Waals surface area contributed by atoms with E-state index in [-0.39, 0.29) is 16.9 Å². The first-order chi connectivity index (χ1) is 21.8. The molecule has 1 aliphatic rings. The van der Waals surface area contributed by atoms with E-state index in [9.17, 15) is 8.78 Å². The molecule has 0 atom stereocenters. The molecule has 0 radical (unpaired) electrons. The molecule has 5 aromatic carbocycles. The quantitative estimate of drug-likeness (QED) is 0.164. The van der Waals surface area contributed by atoms with Crippen LogP contribution in [0.2, 0.25) is 0 Å². The molecule has 6 rings (SSSR count). The van der Waals surface area contributed by atoms with Gasteiger partial charge in [-0.25, -0.2) is 8.78 Å². The van der Waals surface area contributed by atoms with Crippen molar-refractivity contribution in [1.29, 1.82) is 0 Å². The molecule has 0 bridgehead atoms. The van der Waals surface area contributed by atoms with Gasteiger partial charge in [0.25, 0.3) is 0 Å². The number of nitrogen functional groups attached to an aromatic ring is 2. The van der Waals surface area contributed by atoms with E-state index in [1.807, 2.05) is 24.3 Å². The van der Waals surface area contributed by atoms with Crippen LogP contribution in [-0.2, 0) is 11.8 Å². The van der Waals surface area contributed by atoms with Crippen molar-refractivity contribution in [2.24, 2.45) is 0 Å². The van der Waals surface area contributed by atoms with Gasteiger partial charge in [-0.3, -0.25) is 0 Å². The summed E-state index contributed by atoms with van der Waals surface area (Å²) >= 11 is 0. The first kappa shape index (κ1) is 30.2. The number of anilines is 2. The number of aryl methyl sites for hydroxylation is 1. The number of ether oxygens (including phenoxy) is 2. The fourth-order valence-corrected chi connectivity index (χ4v) is 6.57. The molecule has 45 heavy (non-hydrogen) atoms. The standard InChI is InChI=1S/C39H38F2N2O2/c1-2-3-26-4-6-27(7-5-26)28-20-22-39(23-21-28,29-8-14-33(15-9-29)44-37-18-12-31(42)24-35(37)40)30-10-16-34(17-11-30)45-38-19-13-32(43)25-36(38)41/h4-19,24-25,28H,2-3,20-23,42-43H2,1H3. The van der Waals surface area contributed by atoms with Gasteiger partial charge in [-0.05, 0) is 109 Å². The minimum atomic E-state index is -0.502. The predicted molar refractivity (Wildman–Crippen MR) is 177 cm³/mol. The van der Waals surface area contributed by atoms with E-state index in [0.29, 0.717) is 28.8 Å². The highest BCUT2D eigenvalue weighted by atomic mass is 19.1. The summed E-state index contributed by atoms with van der Waals surface area (Å²) in [4.78, 5) is 0. The van der Waals surface area contributed by atoms with Crippen molar-refractivity contribution in [3.05, 3.63) is 143 Å². The highest BCUT2D eigenvalue weighted by molar-refractivity contribution is 5.48. The molecule has 0 unspecified atom stereocenters. The third kappa shape index (κ3) is 6.65. The molecular weight excluding hydrogens is 566 g/mol. The Morgan fingerprint density at radius 2 is 1.11 bits per heavy atom. The third-order valence-electron chi connectivity index (χ3n) is 9.01. The van der Waals surface area contributed by atoms with Gasteiger partial charge in [-0.2, -0.15) is 0 Å². The second-order valence-corrected chi connectivity index (χ2v) is 12.0. The Hall–Kier alpha value is -4.84. The zero-order valence-electron chi connectivity index (χ0n) is 25.4. The molecule has 1 saturated carbocycles. The van der Waals surface area contributed by atoms with E-state index in [1.54, 1.807) is 12.1 Å². The summed E-state index contributed by atoms with van der Waals surface area (Å²) in [5, 5.41) is 0. The summed E-state index contributed by atoms with van der Waals surface area (Å²) in [6.45, 7) is 2.21. The molecule has 4 N–H and O–H groups in total. The molecule has 0 amide bonds. The third-order valence-corrected chi connectivity index (χ3v) is 9.01. The van der Waals surface area contributed by atoms with E-state index in [2.05, 4.69) is 55.5 Å². The molecule has 1 aliphatic carbocycles. The number of nitrogens with two attached hydrogens (primary N) is 2. The topological polar surface area (TPSA) is 70.5 Å². The van der Waals surface area contributed by atoms with Crippen LogP contribution >= 0.6 is 0 Å². The van der Waals surface area contributed by atoms with Gasteiger partial charge in [-0.15, -0.1) is 0 Å². The summed E-state index contributed by atoms with van der Waals surface area (Å²) in [5.74, 6) is 0.840. The summed E-state index contributed by atoms with van der Waals surface area (Å²) in [5.41, 5.74) is 17.0. The molecule has 5 aromatic rings. The Morgan fingerprint density at radius 3 is 1.53 bits per heavy atom. The van der Waals surface area contributed by atoms with Crippen molar-refractivity contribution in [3.63, 3.8) is 0 Å². The Kier molecular flexibility index (Phi) is 8.74. The highest BCUT2D eigenvalue weighted by Crippen LogP contribution is 2.49. The lowest BCUT2D eigenvalue weighted by Gasteiger charge is -2.41. The summed E-state index contributed by atoms with van der Waals surface area (Å²) in [6.07, 6.45) is 6.22. The molecule has 0 saturated heterocycles. The van der Waals surface area contributed by atoms with Gasteiger partial charge >= 0.3 is 0 Å². The lowest BCUT2D eigenvalue weighted by Crippen LogP contribution is -2.32. The van der Waals surface area contributed by atoms with Crippen molar-refractivity contribution in [2.45, 2.75) is 56.8 Å². The van der Waals surface area contributed by atoms with E-state index in [4.69, 9.17) is 20.9 Å². The van der Waals surface area contributed by atoms with Crippen molar-refractivity contribution < 1.29 is 18.3 Å². The van der Waals surface area contributed by atoms with E-state index in [1.165, 1.54) is 46.5 Å². The summed E-state index contributed by atoms with van der Waals surface area (Å²) in [6, 6.07) is 33.9. The fraction of sp³-hybridized carbons (Fsp3) is 0.231. The van der Waals surface area contributed by atoms with Gasteiger partial charge in [0.2, 0.25) is 0 Å². The highest BCUT2D eigenvalue weighted by Gasteiger charge is 2.39. The minimum absolute atomic E-state index is 0.130. The monoisotopic (exact) mass is 604 g/mol. The maximum absolute atomic E-state index is 14.4. The van der Waals surface area contributed by atoms with Gasteiger partial charge in [0, 0.05) is 28.9 Å². The van der Waals surface area contributed by atoms with E-state index >= 15 is 0 Å². The predicted octanol–water partition coefficient (Wildman–Crippen LogP) is 10.3. The second kappa shape index (κ2) is 13.0. The van der Waals surface area contributed by atoms with Crippen LogP contribution < -0.4 is 20.9 Å². The van der Waals surface area contributed by atoms with Gasteiger partial charge in [0.1, 0.15) is 11.5 Å². The van der Waals surface area contributed by atoms with Crippen LogP contribution in [0, 0.1) is 11.6 Å². The normalized spacial score (nSPS) is 14.6. The lowest BCUT2D eigenvalue weighted by molar-refractivity contribution is 0.314. The van der Waals surface area contributed by atoms with Gasteiger partial charge in [-0.1, -0.05) is 61.9 Å². The van der Waals surface area contributed by atoms with Crippen LogP contribution in [0.3, 0.4) is 0 Å². The molecule has 4 nitrogen and oxygen atoms in total. The molecule has 0 aliphatic heterocycles. The first-order valence-electron chi connectivity index (χ1n) is 15.6. The lowest BCUT2D eigenvalue weighted by atomic mass is 9.62. The number of hydrogen-bond donors (Lipinski definition) is 2. The maximum Gasteiger partial charge on any atom is 0.167 e. The fourth-order valence-electron chi connectivity index (χ4n) is 6.57. The van der Waals surface area contributed by atoms with Gasteiger partial charge in [0.15, 0.2) is 23.1 Å². The summed E-state index contributed by atoms with van der Waals surface area (Å²) in [7, 11) is 0. The Bertz CT molecular complexity index is 1650.